The first-order valence-corrected chi connectivity index (χ1v) is 5.94. The lowest BCUT2D eigenvalue weighted by Gasteiger charge is -2.10. The first-order chi connectivity index (χ1) is 8.70. The molecule has 2 nitrogen and oxygen atoms in total. The van der Waals surface area contributed by atoms with Crippen LogP contribution in [0.25, 0.3) is 0 Å². The van der Waals surface area contributed by atoms with Gasteiger partial charge in [-0.15, -0.1) is 0 Å². The lowest BCUT2D eigenvalue weighted by molar-refractivity contribution is 0.112. The first kappa shape index (κ1) is 12.4. The number of hydrogen-bond acceptors (Lipinski definition) is 2. The number of carbonyl (C=O) groups excluding carboxylic acids is 1. The molecule has 0 radical (unpaired) electrons. The largest absolute Gasteiger partial charge is 0.489 e. The molecule has 0 unspecified atom stereocenters. The van der Waals surface area contributed by atoms with Gasteiger partial charge < -0.3 is 4.74 Å². The highest BCUT2D eigenvalue weighted by Gasteiger charge is 2.03. The zero-order valence-electron chi connectivity index (χ0n) is 10.6. The zero-order valence-corrected chi connectivity index (χ0v) is 10.6. The molecule has 0 saturated carbocycles. The van der Waals surface area contributed by atoms with Crippen LogP contribution in [0.15, 0.2) is 42.5 Å². The van der Waals surface area contributed by atoms with E-state index < -0.39 is 0 Å². The van der Waals surface area contributed by atoms with Gasteiger partial charge in [-0.05, 0) is 31.0 Å². The van der Waals surface area contributed by atoms with Crippen molar-refractivity contribution in [3.05, 3.63) is 64.7 Å². The summed E-state index contributed by atoms with van der Waals surface area (Å²) in [6.07, 6.45) is 0.862. The predicted octanol–water partition coefficient (Wildman–Crippen LogP) is 3.69. The SMILES string of the molecule is Cc1ccc(OCc2ccccc2C=O)c(C)c1. The fraction of sp³-hybridized carbons (Fsp3) is 0.188. The Hall–Kier alpha value is -2.09. The lowest BCUT2D eigenvalue weighted by atomic mass is 10.1. The molecule has 0 amide bonds. The molecule has 0 aliphatic rings. The number of aryl methyl sites for hydroxylation is 2. The van der Waals surface area contributed by atoms with Crippen molar-refractivity contribution in [1.82, 2.24) is 0 Å². The Kier molecular flexibility index (Phi) is 3.78. The minimum Gasteiger partial charge on any atom is -0.489 e. The second-order valence-corrected chi connectivity index (χ2v) is 4.37. The second kappa shape index (κ2) is 5.50. The fourth-order valence-electron chi connectivity index (χ4n) is 1.90. The van der Waals surface area contributed by atoms with Gasteiger partial charge in [-0.1, -0.05) is 42.0 Å². The van der Waals surface area contributed by atoms with Crippen molar-refractivity contribution in [3.63, 3.8) is 0 Å². The highest BCUT2D eigenvalue weighted by Crippen LogP contribution is 2.20. The summed E-state index contributed by atoms with van der Waals surface area (Å²) in [5, 5.41) is 0. The molecule has 0 fully saturated rings. The molecule has 2 rings (SSSR count). The van der Waals surface area contributed by atoms with E-state index in [1.54, 1.807) is 6.07 Å². The normalized spacial score (nSPS) is 10.1. The highest BCUT2D eigenvalue weighted by molar-refractivity contribution is 5.77. The van der Waals surface area contributed by atoms with Gasteiger partial charge in [0.05, 0.1) is 0 Å². The number of ether oxygens (including phenoxy) is 1. The molecule has 0 bridgehead atoms. The average Bonchev–Trinajstić information content (AvgIpc) is 2.38. The summed E-state index contributed by atoms with van der Waals surface area (Å²) in [5.41, 5.74) is 3.92. The molecule has 0 heterocycles. The van der Waals surface area contributed by atoms with E-state index in [4.69, 9.17) is 4.74 Å². The van der Waals surface area contributed by atoms with Crippen molar-refractivity contribution in [1.29, 1.82) is 0 Å². The molecule has 0 atom stereocenters. The molecule has 0 aliphatic heterocycles. The maximum atomic E-state index is 10.9. The third-order valence-electron chi connectivity index (χ3n) is 2.90. The van der Waals surface area contributed by atoms with Gasteiger partial charge in [-0.2, -0.15) is 0 Å². The Labute approximate surface area is 107 Å². The highest BCUT2D eigenvalue weighted by atomic mass is 16.5. The number of rotatable bonds is 4. The number of hydrogen-bond donors (Lipinski definition) is 0. The van der Waals surface area contributed by atoms with Crippen molar-refractivity contribution in [2.45, 2.75) is 20.5 Å². The number of carbonyl (C=O) groups is 1. The molecule has 0 N–H and O–H groups in total. The zero-order chi connectivity index (χ0) is 13.0. The predicted molar refractivity (Wildman–Crippen MR) is 72.1 cm³/mol. The van der Waals surface area contributed by atoms with Gasteiger partial charge in [0.25, 0.3) is 0 Å². The Balaban J connectivity index is 2.14. The summed E-state index contributed by atoms with van der Waals surface area (Å²) < 4.78 is 5.76. The van der Waals surface area contributed by atoms with Crippen molar-refractivity contribution in [2.75, 3.05) is 0 Å². The molecule has 0 spiro atoms. The first-order valence-electron chi connectivity index (χ1n) is 5.94. The molecule has 18 heavy (non-hydrogen) atoms. The second-order valence-electron chi connectivity index (χ2n) is 4.37. The van der Waals surface area contributed by atoms with Gasteiger partial charge in [0.1, 0.15) is 18.6 Å². The molecule has 0 aliphatic carbocycles. The number of aldehydes is 1. The molecule has 0 aromatic heterocycles. The Morgan fingerprint density at radius 2 is 1.89 bits per heavy atom. The van der Waals surface area contributed by atoms with Crippen molar-refractivity contribution < 1.29 is 9.53 Å². The van der Waals surface area contributed by atoms with E-state index >= 15 is 0 Å². The van der Waals surface area contributed by atoms with Crippen LogP contribution in [0.5, 0.6) is 5.75 Å². The lowest BCUT2D eigenvalue weighted by Crippen LogP contribution is -2.00. The van der Waals surface area contributed by atoms with Crippen LogP contribution in [0.2, 0.25) is 0 Å². The fourth-order valence-corrected chi connectivity index (χ4v) is 1.90. The molecule has 92 valence electrons. The minimum atomic E-state index is 0.415. The van der Waals surface area contributed by atoms with Crippen LogP contribution in [0.4, 0.5) is 0 Å². The smallest absolute Gasteiger partial charge is 0.150 e. The van der Waals surface area contributed by atoms with E-state index in [1.807, 2.05) is 37.3 Å². The quantitative estimate of drug-likeness (QED) is 0.762. The van der Waals surface area contributed by atoms with Crippen molar-refractivity contribution in [3.8, 4) is 5.75 Å². The maximum Gasteiger partial charge on any atom is 0.150 e. The van der Waals surface area contributed by atoms with Gasteiger partial charge in [0.15, 0.2) is 0 Å². The summed E-state index contributed by atoms with van der Waals surface area (Å²) in [6.45, 7) is 4.49. The van der Waals surface area contributed by atoms with E-state index in [0.717, 1.165) is 23.2 Å². The van der Waals surface area contributed by atoms with Crippen LogP contribution in [-0.4, -0.2) is 6.29 Å². The average molecular weight is 240 g/mol. The van der Waals surface area contributed by atoms with E-state index in [1.165, 1.54) is 5.56 Å². The topological polar surface area (TPSA) is 26.3 Å². The summed E-state index contributed by atoms with van der Waals surface area (Å²) in [5.74, 6) is 0.862. The Bertz CT molecular complexity index is 559. The number of benzene rings is 2. The molecule has 2 aromatic rings. The summed E-state index contributed by atoms with van der Waals surface area (Å²) in [4.78, 5) is 10.9. The van der Waals surface area contributed by atoms with Crippen molar-refractivity contribution >= 4 is 6.29 Å². The van der Waals surface area contributed by atoms with Crippen LogP contribution >= 0.6 is 0 Å². The van der Waals surface area contributed by atoms with Gasteiger partial charge in [-0.3, -0.25) is 4.79 Å². The molecule has 0 saturated heterocycles. The Morgan fingerprint density at radius 1 is 1.11 bits per heavy atom. The van der Waals surface area contributed by atoms with Crippen LogP contribution in [0.1, 0.15) is 27.0 Å². The maximum absolute atomic E-state index is 10.9. The van der Waals surface area contributed by atoms with E-state index in [2.05, 4.69) is 13.0 Å². The summed E-state index contributed by atoms with van der Waals surface area (Å²) in [6, 6.07) is 13.5. The van der Waals surface area contributed by atoms with Gasteiger partial charge in [0, 0.05) is 5.56 Å². The summed E-state index contributed by atoms with van der Waals surface area (Å²) in [7, 11) is 0. The van der Waals surface area contributed by atoms with Crippen LogP contribution in [0.3, 0.4) is 0 Å². The molecule has 2 heteroatoms. The van der Waals surface area contributed by atoms with E-state index in [-0.39, 0.29) is 0 Å². The van der Waals surface area contributed by atoms with Crippen molar-refractivity contribution in [2.24, 2.45) is 0 Å². The molecular weight excluding hydrogens is 224 g/mol. The van der Waals surface area contributed by atoms with Gasteiger partial charge >= 0.3 is 0 Å². The standard InChI is InChI=1S/C16H16O2/c1-12-7-8-16(13(2)9-12)18-11-15-6-4-3-5-14(15)10-17/h3-10H,11H2,1-2H3. The summed E-state index contributed by atoms with van der Waals surface area (Å²) >= 11 is 0. The molecular formula is C16H16O2. The third-order valence-corrected chi connectivity index (χ3v) is 2.90. The third kappa shape index (κ3) is 2.77. The van der Waals surface area contributed by atoms with Gasteiger partial charge in [-0.25, -0.2) is 0 Å². The van der Waals surface area contributed by atoms with Gasteiger partial charge in [0.2, 0.25) is 0 Å². The van der Waals surface area contributed by atoms with Crippen LogP contribution < -0.4 is 4.74 Å². The monoisotopic (exact) mass is 240 g/mol. The van der Waals surface area contributed by atoms with Crippen LogP contribution in [0, 0.1) is 13.8 Å². The van der Waals surface area contributed by atoms with Crippen LogP contribution in [-0.2, 0) is 6.61 Å². The van der Waals surface area contributed by atoms with E-state index in [9.17, 15) is 4.79 Å². The Morgan fingerprint density at radius 3 is 2.61 bits per heavy atom. The minimum absolute atomic E-state index is 0.415. The van der Waals surface area contributed by atoms with E-state index in [0.29, 0.717) is 12.2 Å². The molecule has 2 aromatic carbocycles.